The Bertz CT molecular complexity index is 728. The molecule has 0 saturated heterocycles. The molecule has 1 heterocycles. The van der Waals surface area contributed by atoms with Crippen LogP contribution in [0.1, 0.15) is 27.6 Å². The van der Waals surface area contributed by atoms with Crippen molar-refractivity contribution in [2.24, 2.45) is 0 Å². The Balaban J connectivity index is 2.12. The first kappa shape index (κ1) is 13.6. The number of hydrogen-bond acceptors (Lipinski definition) is 3. The zero-order chi connectivity index (χ0) is 15.0. The lowest BCUT2D eigenvalue weighted by Crippen LogP contribution is -2.30. The van der Waals surface area contributed by atoms with Crippen LogP contribution in [0.3, 0.4) is 0 Å². The maximum absolute atomic E-state index is 12.6. The van der Waals surface area contributed by atoms with Crippen molar-refractivity contribution >= 4 is 29.2 Å². The maximum atomic E-state index is 12.6. The molecule has 1 N–H and O–H groups in total. The van der Waals surface area contributed by atoms with E-state index in [0.29, 0.717) is 21.8 Å². The van der Waals surface area contributed by atoms with Crippen LogP contribution in [0.15, 0.2) is 42.5 Å². The molecule has 5 heteroatoms. The van der Waals surface area contributed by atoms with Crippen LogP contribution < -0.4 is 5.32 Å². The molecule has 1 amide bonds. The predicted octanol–water partition coefficient (Wildman–Crippen LogP) is 4.13. The minimum Gasteiger partial charge on any atom is -0.432 e. The molecule has 106 valence electrons. The number of hydrogen-bond donors (Lipinski definition) is 1. The SMILES string of the molecule is Cc1ccc(Cl)c2c1NC(=O)OC2C(=O)c1ccccc1. The summed E-state index contributed by atoms with van der Waals surface area (Å²) < 4.78 is 5.18. The third-order valence-corrected chi connectivity index (χ3v) is 3.74. The molecule has 21 heavy (non-hydrogen) atoms. The second-order valence-electron chi connectivity index (χ2n) is 4.79. The van der Waals surface area contributed by atoms with E-state index in [0.717, 1.165) is 5.56 Å². The average Bonchev–Trinajstić information content (AvgIpc) is 2.50. The first-order valence-corrected chi connectivity index (χ1v) is 6.81. The molecule has 0 spiro atoms. The van der Waals surface area contributed by atoms with Gasteiger partial charge in [-0.2, -0.15) is 0 Å². The number of Topliss-reactive ketones (excluding diaryl/α,β-unsaturated/α-hetero) is 1. The highest BCUT2D eigenvalue weighted by molar-refractivity contribution is 6.32. The third-order valence-electron chi connectivity index (χ3n) is 3.41. The van der Waals surface area contributed by atoms with Crippen LogP contribution in [0, 0.1) is 6.92 Å². The number of anilines is 1. The summed E-state index contributed by atoms with van der Waals surface area (Å²) in [5.74, 6) is -0.292. The number of halogens is 1. The highest BCUT2D eigenvalue weighted by atomic mass is 35.5. The quantitative estimate of drug-likeness (QED) is 0.848. The van der Waals surface area contributed by atoms with Gasteiger partial charge >= 0.3 is 6.09 Å². The van der Waals surface area contributed by atoms with Crippen LogP contribution in [0.5, 0.6) is 0 Å². The van der Waals surface area contributed by atoms with Gasteiger partial charge in [-0.3, -0.25) is 10.1 Å². The molecule has 0 aromatic heterocycles. The topological polar surface area (TPSA) is 55.4 Å². The molecule has 0 aliphatic carbocycles. The van der Waals surface area contributed by atoms with Crippen LogP contribution in [-0.4, -0.2) is 11.9 Å². The van der Waals surface area contributed by atoms with Crippen molar-refractivity contribution in [3.8, 4) is 0 Å². The first-order chi connectivity index (χ1) is 10.1. The summed E-state index contributed by atoms with van der Waals surface area (Å²) in [6.07, 6.45) is -1.68. The predicted molar refractivity (Wildman–Crippen MR) is 79.8 cm³/mol. The van der Waals surface area contributed by atoms with Gasteiger partial charge in [0.25, 0.3) is 0 Å². The standard InChI is InChI=1S/C16H12ClNO3/c1-9-7-8-11(17)12-13(9)18-16(20)21-15(12)14(19)10-5-3-2-4-6-10/h2-8,15H,1H3,(H,18,20). The number of cyclic esters (lactones) is 1. The normalized spacial score (nSPS) is 16.7. The van der Waals surface area contributed by atoms with Gasteiger partial charge in [0.05, 0.1) is 10.7 Å². The van der Waals surface area contributed by atoms with Gasteiger partial charge in [0.15, 0.2) is 6.10 Å². The lowest BCUT2D eigenvalue weighted by molar-refractivity contribution is 0.0651. The van der Waals surface area contributed by atoms with Gasteiger partial charge in [0.1, 0.15) is 0 Å². The average molecular weight is 302 g/mol. The van der Waals surface area contributed by atoms with Gasteiger partial charge in [-0.05, 0) is 18.6 Å². The van der Waals surface area contributed by atoms with Crippen molar-refractivity contribution in [2.45, 2.75) is 13.0 Å². The molecule has 1 atom stereocenters. The van der Waals surface area contributed by atoms with Crippen molar-refractivity contribution in [2.75, 3.05) is 5.32 Å². The lowest BCUT2D eigenvalue weighted by Gasteiger charge is -2.27. The fourth-order valence-electron chi connectivity index (χ4n) is 2.36. The Hall–Kier alpha value is -2.33. The number of carbonyl (C=O) groups is 2. The largest absolute Gasteiger partial charge is 0.432 e. The van der Waals surface area contributed by atoms with Gasteiger partial charge in [-0.15, -0.1) is 0 Å². The Morgan fingerprint density at radius 3 is 2.62 bits per heavy atom. The van der Waals surface area contributed by atoms with Gasteiger partial charge in [0.2, 0.25) is 5.78 Å². The Labute approximate surface area is 126 Å². The number of benzene rings is 2. The zero-order valence-electron chi connectivity index (χ0n) is 11.2. The number of rotatable bonds is 2. The highest BCUT2D eigenvalue weighted by Gasteiger charge is 2.35. The van der Waals surface area contributed by atoms with E-state index in [-0.39, 0.29) is 5.78 Å². The molecule has 4 nitrogen and oxygen atoms in total. The smallest absolute Gasteiger partial charge is 0.412 e. The van der Waals surface area contributed by atoms with E-state index in [9.17, 15) is 9.59 Å². The molecule has 1 aliphatic heterocycles. The number of ether oxygens (including phenoxy) is 1. The summed E-state index contributed by atoms with van der Waals surface area (Å²) in [6, 6.07) is 12.2. The third kappa shape index (κ3) is 2.38. The van der Waals surface area contributed by atoms with Crippen molar-refractivity contribution in [1.82, 2.24) is 0 Å². The number of aryl methyl sites for hydroxylation is 1. The number of carbonyl (C=O) groups excluding carboxylic acids is 2. The fourth-order valence-corrected chi connectivity index (χ4v) is 2.62. The molecule has 3 rings (SSSR count). The lowest BCUT2D eigenvalue weighted by atomic mass is 9.95. The van der Waals surface area contributed by atoms with Crippen LogP contribution in [0.25, 0.3) is 0 Å². The van der Waals surface area contributed by atoms with Crippen LogP contribution in [-0.2, 0) is 4.74 Å². The molecule has 2 aromatic carbocycles. The first-order valence-electron chi connectivity index (χ1n) is 6.44. The molecular weight excluding hydrogens is 290 g/mol. The van der Waals surface area contributed by atoms with Gasteiger partial charge < -0.3 is 4.74 Å². The van der Waals surface area contributed by atoms with Gasteiger partial charge in [-0.25, -0.2) is 4.79 Å². The van der Waals surface area contributed by atoms with Crippen molar-refractivity contribution in [3.63, 3.8) is 0 Å². The van der Waals surface area contributed by atoms with E-state index >= 15 is 0 Å². The Morgan fingerprint density at radius 1 is 1.19 bits per heavy atom. The second-order valence-corrected chi connectivity index (χ2v) is 5.20. The minimum atomic E-state index is -1.02. The molecule has 0 fully saturated rings. The summed E-state index contributed by atoms with van der Waals surface area (Å²) in [4.78, 5) is 24.3. The van der Waals surface area contributed by atoms with Crippen molar-refractivity contribution in [1.29, 1.82) is 0 Å². The van der Waals surface area contributed by atoms with E-state index in [2.05, 4.69) is 5.32 Å². The van der Waals surface area contributed by atoms with Crippen LogP contribution in [0.4, 0.5) is 10.5 Å². The van der Waals surface area contributed by atoms with E-state index in [1.165, 1.54) is 0 Å². The molecule has 1 aliphatic rings. The molecular formula is C16H12ClNO3. The highest BCUT2D eigenvalue weighted by Crippen LogP contribution is 2.39. The van der Waals surface area contributed by atoms with Crippen LogP contribution in [0.2, 0.25) is 5.02 Å². The maximum Gasteiger partial charge on any atom is 0.412 e. The number of fused-ring (bicyclic) bond motifs is 1. The summed E-state index contributed by atoms with van der Waals surface area (Å²) in [7, 11) is 0. The molecule has 1 unspecified atom stereocenters. The second kappa shape index (κ2) is 5.22. The van der Waals surface area contributed by atoms with E-state index in [1.807, 2.05) is 13.0 Å². The minimum absolute atomic E-state index is 0.292. The van der Waals surface area contributed by atoms with Crippen molar-refractivity contribution < 1.29 is 14.3 Å². The molecule has 0 bridgehead atoms. The summed E-state index contributed by atoms with van der Waals surface area (Å²) >= 11 is 6.20. The van der Waals surface area contributed by atoms with Gasteiger partial charge in [-0.1, -0.05) is 48.0 Å². The van der Waals surface area contributed by atoms with Gasteiger partial charge in [0, 0.05) is 11.1 Å². The summed E-state index contributed by atoms with van der Waals surface area (Å²) in [5.41, 5.74) is 2.36. The van der Waals surface area contributed by atoms with E-state index < -0.39 is 12.2 Å². The summed E-state index contributed by atoms with van der Waals surface area (Å²) in [5, 5.41) is 3.00. The van der Waals surface area contributed by atoms with E-state index in [4.69, 9.17) is 16.3 Å². The number of nitrogens with one attached hydrogen (secondary N) is 1. The fraction of sp³-hybridized carbons (Fsp3) is 0.125. The number of ketones is 1. The van der Waals surface area contributed by atoms with E-state index in [1.54, 1.807) is 36.4 Å². The van der Waals surface area contributed by atoms with Crippen molar-refractivity contribution in [3.05, 3.63) is 64.2 Å². The monoisotopic (exact) mass is 301 g/mol. The number of amides is 1. The van der Waals surface area contributed by atoms with Crippen LogP contribution >= 0.6 is 11.6 Å². The Kier molecular flexibility index (Phi) is 3.39. The Morgan fingerprint density at radius 2 is 1.90 bits per heavy atom. The zero-order valence-corrected chi connectivity index (χ0v) is 12.0. The molecule has 0 saturated carbocycles. The summed E-state index contributed by atoms with van der Waals surface area (Å²) in [6.45, 7) is 1.84. The molecule has 2 aromatic rings. The molecule has 0 radical (unpaired) electrons.